The molecule has 1 saturated heterocycles. The molecule has 0 unspecified atom stereocenters. The first kappa shape index (κ1) is 16.9. The highest BCUT2D eigenvalue weighted by Crippen LogP contribution is 2.20. The molecule has 2 heterocycles. The van der Waals surface area contributed by atoms with E-state index in [4.69, 9.17) is 10.3 Å². The van der Waals surface area contributed by atoms with Crippen LogP contribution in [0.5, 0.6) is 0 Å². The predicted octanol–water partition coefficient (Wildman–Crippen LogP) is 2.27. The first-order valence-corrected chi connectivity index (χ1v) is 8.52. The van der Waals surface area contributed by atoms with Crippen LogP contribution in [0.15, 0.2) is 28.8 Å². The highest BCUT2D eigenvalue weighted by atomic mass is 16.5. The van der Waals surface area contributed by atoms with Crippen LogP contribution >= 0.6 is 0 Å². The summed E-state index contributed by atoms with van der Waals surface area (Å²) in [5, 5.41) is 4.12. The molecule has 2 aromatic rings. The summed E-state index contributed by atoms with van der Waals surface area (Å²) in [7, 11) is 0. The largest absolute Gasteiger partial charge is 0.399 e. The van der Waals surface area contributed by atoms with Crippen LogP contribution in [0.25, 0.3) is 0 Å². The Labute approximate surface area is 143 Å². The van der Waals surface area contributed by atoms with Crippen molar-refractivity contribution in [2.24, 2.45) is 0 Å². The van der Waals surface area contributed by atoms with Crippen LogP contribution in [0.4, 0.5) is 5.69 Å². The van der Waals surface area contributed by atoms with Crippen molar-refractivity contribution in [1.29, 1.82) is 0 Å². The summed E-state index contributed by atoms with van der Waals surface area (Å²) >= 11 is 0. The van der Waals surface area contributed by atoms with Gasteiger partial charge in [0.25, 0.3) is 0 Å². The Morgan fingerprint density at radius 1 is 1.08 bits per heavy atom. The molecule has 1 aromatic heterocycles. The minimum atomic E-state index is -0.0958. The molecule has 24 heavy (non-hydrogen) atoms. The average Bonchev–Trinajstić information content (AvgIpc) is 2.98. The number of nitrogen functional groups attached to an aromatic ring is 1. The fourth-order valence-electron chi connectivity index (χ4n) is 2.88. The van der Waals surface area contributed by atoms with Gasteiger partial charge in [-0.1, -0.05) is 38.1 Å². The molecule has 0 atom stereocenters. The Hall–Kier alpha value is -1.92. The number of benzene rings is 1. The van der Waals surface area contributed by atoms with Crippen LogP contribution in [0.1, 0.15) is 38.0 Å². The molecule has 3 rings (SSSR count). The van der Waals surface area contributed by atoms with Crippen LogP contribution in [0.3, 0.4) is 0 Å². The van der Waals surface area contributed by atoms with Crippen molar-refractivity contribution in [3.05, 3.63) is 41.5 Å². The fraction of sp³-hybridized carbons (Fsp3) is 0.556. The molecule has 0 bridgehead atoms. The molecule has 6 nitrogen and oxygen atoms in total. The highest BCUT2D eigenvalue weighted by Gasteiger charge is 2.23. The minimum Gasteiger partial charge on any atom is -0.399 e. The molecule has 0 amide bonds. The monoisotopic (exact) mass is 329 g/mol. The van der Waals surface area contributed by atoms with Crippen molar-refractivity contribution < 1.29 is 4.52 Å². The summed E-state index contributed by atoms with van der Waals surface area (Å²) in [6.45, 7) is 12.1. The Kier molecular flexibility index (Phi) is 4.87. The van der Waals surface area contributed by atoms with Gasteiger partial charge < -0.3 is 10.3 Å². The Balaban J connectivity index is 1.49. The van der Waals surface area contributed by atoms with E-state index in [9.17, 15) is 0 Å². The first-order chi connectivity index (χ1) is 11.4. The van der Waals surface area contributed by atoms with Crippen LogP contribution in [0, 0.1) is 0 Å². The van der Waals surface area contributed by atoms with Gasteiger partial charge in [-0.25, -0.2) is 0 Å². The van der Waals surface area contributed by atoms with Crippen molar-refractivity contribution in [3.63, 3.8) is 0 Å². The third kappa shape index (κ3) is 4.33. The van der Waals surface area contributed by atoms with E-state index >= 15 is 0 Å². The maximum absolute atomic E-state index is 5.85. The summed E-state index contributed by atoms with van der Waals surface area (Å²) < 4.78 is 5.37. The third-order valence-corrected chi connectivity index (χ3v) is 4.30. The second kappa shape index (κ2) is 6.91. The van der Waals surface area contributed by atoms with E-state index < -0.39 is 0 Å². The molecular formula is C18H27N5O. The standard InChI is InChI=1S/C18H27N5O/c1-18(2,3)17-20-16(21-24-17)13-23-9-7-22(8-10-23)12-14-5-4-6-15(19)11-14/h4-6,11H,7-10,12-13,19H2,1-3H3. The Bertz CT molecular complexity index is 668. The lowest BCUT2D eigenvalue weighted by Gasteiger charge is -2.34. The summed E-state index contributed by atoms with van der Waals surface area (Å²) in [5.41, 5.74) is 7.86. The SMILES string of the molecule is CC(C)(C)c1nc(CN2CCN(Cc3cccc(N)c3)CC2)no1. The Morgan fingerprint density at radius 2 is 1.75 bits per heavy atom. The van der Waals surface area contributed by atoms with Gasteiger partial charge in [-0.15, -0.1) is 0 Å². The summed E-state index contributed by atoms with van der Waals surface area (Å²) in [6, 6.07) is 8.14. The fourth-order valence-corrected chi connectivity index (χ4v) is 2.88. The predicted molar refractivity (Wildman–Crippen MR) is 94.4 cm³/mol. The van der Waals surface area contributed by atoms with Crippen molar-refractivity contribution in [1.82, 2.24) is 19.9 Å². The maximum atomic E-state index is 5.85. The summed E-state index contributed by atoms with van der Waals surface area (Å²) in [6.07, 6.45) is 0. The van der Waals surface area contributed by atoms with E-state index in [1.54, 1.807) is 0 Å². The lowest BCUT2D eigenvalue weighted by Crippen LogP contribution is -2.45. The lowest BCUT2D eigenvalue weighted by atomic mass is 9.97. The van der Waals surface area contributed by atoms with Crippen LogP contribution in [0.2, 0.25) is 0 Å². The minimum absolute atomic E-state index is 0.0958. The van der Waals surface area contributed by atoms with Crippen LogP contribution in [-0.2, 0) is 18.5 Å². The average molecular weight is 329 g/mol. The van der Waals surface area contributed by atoms with E-state index in [0.29, 0.717) is 5.89 Å². The van der Waals surface area contributed by atoms with Gasteiger partial charge >= 0.3 is 0 Å². The van der Waals surface area contributed by atoms with Gasteiger partial charge in [0.1, 0.15) is 0 Å². The normalized spacial score (nSPS) is 17.3. The molecule has 0 aliphatic carbocycles. The number of hydrogen-bond acceptors (Lipinski definition) is 6. The van der Waals surface area contributed by atoms with Crippen LogP contribution < -0.4 is 5.73 Å². The molecule has 1 fully saturated rings. The first-order valence-electron chi connectivity index (χ1n) is 8.52. The second-order valence-corrected chi connectivity index (χ2v) is 7.56. The molecule has 130 valence electrons. The zero-order chi connectivity index (χ0) is 17.2. The third-order valence-electron chi connectivity index (χ3n) is 4.30. The molecule has 0 spiro atoms. The van der Waals surface area contributed by atoms with Gasteiger partial charge in [0.2, 0.25) is 5.89 Å². The molecule has 6 heteroatoms. The van der Waals surface area contributed by atoms with E-state index in [1.807, 2.05) is 12.1 Å². The molecule has 0 saturated carbocycles. The van der Waals surface area contributed by atoms with Crippen molar-refractivity contribution in [2.45, 2.75) is 39.3 Å². The number of rotatable bonds is 4. The molecule has 2 N–H and O–H groups in total. The zero-order valence-electron chi connectivity index (χ0n) is 14.8. The van der Waals surface area contributed by atoms with Crippen LogP contribution in [-0.4, -0.2) is 46.1 Å². The second-order valence-electron chi connectivity index (χ2n) is 7.56. The van der Waals surface area contributed by atoms with Crippen molar-refractivity contribution >= 4 is 5.69 Å². The van der Waals surface area contributed by atoms with E-state index in [1.165, 1.54) is 5.56 Å². The van der Waals surface area contributed by atoms with E-state index in [0.717, 1.165) is 50.8 Å². The van der Waals surface area contributed by atoms with Gasteiger partial charge in [-0.05, 0) is 17.7 Å². The number of nitrogens with zero attached hydrogens (tertiary/aromatic N) is 4. The van der Waals surface area contributed by atoms with Gasteiger partial charge in [0.15, 0.2) is 5.82 Å². The van der Waals surface area contributed by atoms with E-state index in [-0.39, 0.29) is 5.41 Å². The Morgan fingerprint density at radius 3 is 2.33 bits per heavy atom. The lowest BCUT2D eigenvalue weighted by molar-refractivity contribution is 0.119. The summed E-state index contributed by atoms with van der Waals surface area (Å²) in [5.74, 6) is 1.49. The van der Waals surface area contributed by atoms with Gasteiger partial charge in [-0.3, -0.25) is 9.80 Å². The topological polar surface area (TPSA) is 71.4 Å². The number of hydrogen-bond donors (Lipinski definition) is 1. The van der Waals surface area contributed by atoms with Gasteiger partial charge in [0.05, 0.1) is 6.54 Å². The molecule has 0 radical (unpaired) electrons. The number of aromatic nitrogens is 2. The zero-order valence-corrected chi connectivity index (χ0v) is 14.8. The molecule has 1 aliphatic rings. The molecule has 1 aromatic carbocycles. The highest BCUT2D eigenvalue weighted by molar-refractivity contribution is 5.40. The number of anilines is 1. The molecule has 1 aliphatic heterocycles. The van der Waals surface area contributed by atoms with E-state index in [2.05, 4.69) is 52.8 Å². The quantitative estimate of drug-likeness (QED) is 0.868. The maximum Gasteiger partial charge on any atom is 0.232 e. The van der Waals surface area contributed by atoms with Crippen molar-refractivity contribution in [3.8, 4) is 0 Å². The number of piperazine rings is 1. The molecular weight excluding hydrogens is 302 g/mol. The summed E-state index contributed by atoms with van der Waals surface area (Å²) in [4.78, 5) is 9.37. The van der Waals surface area contributed by atoms with Crippen molar-refractivity contribution in [2.75, 3.05) is 31.9 Å². The van der Waals surface area contributed by atoms with Gasteiger partial charge in [-0.2, -0.15) is 4.98 Å². The smallest absolute Gasteiger partial charge is 0.232 e. The van der Waals surface area contributed by atoms with Gasteiger partial charge in [0, 0.05) is 43.8 Å². The number of nitrogens with two attached hydrogens (primary N) is 1.